The smallest absolute Gasteiger partial charge is 0.346 e. The predicted octanol–water partition coefficient (Wildman–Crippen LogP) is 3.99. The van der Waals surface area contributed by atoms with E-state index in [9.17, 15) is 38.0 Å². The third-order valence-electron chi connectivity index (χ3n) is 6.27. The molecule has 0 radical (unpaired) electrons. The van der Waals surface area contributed by atoms with E-state index >= 15 is 0 Å². The number of carbonyl (C=O) groups is 5. The molecule has 0 aliphatic rings. The van der Waals surface area contributed by atoms with E-state index in [4.69, 9.17) is 21.1 Å². The summed E-state index contributed by atoms with van der Waals surface area (Å²) in [4.78, 5) is 92.3. The highest BCUT2D eigenvalue weighted by atomic mass is 35.5. The van der Waals surface area contributed by atoms with Gasteiger partial charge in [0.05, 0.1) is 23.5 Å². The van der Waals surface area contributed by atoms with Gasteiger partial charge in [0, 0.05) is 18.1 Å². The molecule has 0 bridgehead atoms. The topological polar surface area (TPSA) is 173 Å². The van der Waals surface area contributed by atoms with Crippen LogP contribution in [0.5, 0.6) is 11.6 Å². The maximum absolute atomic E-state index is 14.5. The van der Waals surface area contributed by atoms with E-state index in [1.165, 1.54) is 24.3 Å². The van der Waals surface area contributed by atoms with Gasteiger partial charge in [-0.15, -0.1) is 0 Å². The first kappa shape index (κ1) is 33.1. The van der Waals surface area contributed by atoms with Gasteiger partial charge in [-0.3, -0.25) is 19.7 Å². The summed E-state index contributed by atoms with van der Waals surface area (Å²) < 4.78 is 24.9. The number of amides is 2. The number of pyridine rings is 1. The van der Waals surface area contributed by atoms with Gasteiger partial charge in [-0.25, -0.2) is 28.7 Å². The fraction of sp³-hybridized carbons (Fsp3) is 0.161. The maximum atomic E-state index is 14.5. The Morgan fingerprint density at radius 1 is 0.891 bits per heavy atom. The SMILES string of the molecule is CCCCCC(=O)NC(=O)n1cc(F)c(=O)n(C(=O)c2cccc(C(=O)Oc3cc(OC(=O)c4ccccc4)c(Cl)cn3)c2)c1=O. The number of unbranched alkanes of at least 4 members (excludes halogenated alkanes) is 2. The lowest BCUT2D eigenvalue weighted by Crippen LogP contribution is -2.49. The van der Waals surface area contributed by atoms with Crippen LogP contribution in [0.25, 0.3) is 0 Å². The number of aromatic nitrogens is 3. The number of ether oxygens (including phenoxy) is 2. The Labute approximate surface area is 264 Å². The van der Waals surface area contributed by atoms with Crippen LogP contribution in [0.3, 0.4) is 0 Å². The van der Waals surface area contributed by atoms with Crippen molar-refractivity contribution in [2.24, 2.45) is 0 Å². The molecule has 0 saturated heterocycles. The second-order valence-corrected chi connectivity index (χ2v) is 9.97. The average molecular weight is 651 g/mol. The summed E-state index contributed by atoms with van der Waals surface area (Å²) in [5, 5.41) is 1.85. The van der Waals surface area contributed by atoms with Gasteiger partial charge in [-0.1, -0.05) is 55.6 Å². The molecule has 4 aromatic rings. The van der Waals surface area contributed by atoms with E-state index in [0.717, 1.165) is 30.8 Å². The Morgan fingerprint density at radius 3 is 2.28 bits per heavy atom. The van der Waals surface area contributed by atoms with Gasteiger partial charge in [0.1, 0.15) is 5.02 Å². The third-order valence-corrected chi connectivity index (χ3v) is 6.56. The first-order valence-corrected chi connectivity index (χ1v) is 14.1. The Morgan fingerprint density at radius 2 is 1.57 bits per heavy atom. The number of halogens is 2. The van der Waals surface area contributed by atoms with E-state index in [0.29, 0.717) is 12.8 Å². The van der Waals surface area contributed by atoms with Crippen LogP contribution < -0.4 is 26.0 Å². The summed E-state index contributed by atoms with van der Waals surface area (Å²) in [5.41, 5.74) is -3.67. The molecule has 0 saturated carbocycles. The molecule has 2 amide bonds. The molecule has 0 atom stereocenters. The van der Waals surface area contributed by atoms with Crippen molar-refractivity contribution >= 4 is 41.4 Å². The van der Waals surface area contributed by atoms with E-state index < -0.39 is 52.4 Å². The summed E-state index contributed by atoms with van der Waals surface area (Å²) in [6, 6.07) is 12.3. The lowest BCUT2D eigenvalue weighted by atomic mass is 10.1. The Balaban J connectivity index is 1.55. The number of rotatable bonds is 9. The fourth-order valence-corrected chi connectivity index (χ4v) is 4.10. The zero-order valence-electron chi connectivity index (χ0n) is 24.0. The minimum absolute atomic E-state index is 0.0377. The van der Waals surface area contributed by atoms with Gasteiger partial charge < -0.3 is 9.47 Å². The lowest BCUT2D eigenvalue weighted by Gasteiger charge is -2.10. The van der Waals surface area contributed by atoms with Gasteiger partial charge in [0.25, 0.3) is 11.5 Å². The van der Waals surface area contributed by atoms with Gasteiger partial charge in [0.15, 0.2) is 5.75 Å². The number of esters is 2. The van der Waals surface area contributed by atoms with E-state index in [2.05, 4.69) is 4.98 Å². The molecule has 0 unspecified atom stereocenters. The second-order valence-electron chi connectivity index (χ2n) is 9.56. The number of imide groups is 1. The van der Waals surface area contributed by atoms with Crippen molar-refractivity contribution in [3.8, 4) is 11.6 Å². The van der Waals surface area contributed by atoms with Crippen LogP contribution >= 0.6 is 11.6 Å². The monoisotopic (exact) mass is 650 g/mol. The first-order chi connectivity index (χ1) is 22.0. The molecule has 1 N–H and O–H groups in total. The predicted molar refractivity (Wildman–Crippen MR) is 160 cm³/mol. The molecule has 0 aliphatic carbocycles. The van der Waals surface area contributed by atoms with Crippen LogP contribution in [0, 0.1) is 5.82 Å². The van der Waals surface area contributed by atoms with E-state index in [-0.39, 0.29) is 49.5 Å². The highest BCUT2D eigenvalue weighted by molar-refractivity contribution is 6.32. The Hall–Kier alpha value is -5.76. The van der Waals surface area contributed by atoms with Crippen molar-refractivity contribution < 1.29 is 37.8 Å². The molecule has 4 rings (SSSR count). The summed E-state index contributed by atoms with van der Waals surface area (Å²) >= 11 is 6.07. The zero-order valence-corrected chi connectivity index (χ0v) is 24.8. The molecule has 13 nitrogen and oxygen atoms in total. The van der Waals surface area contributed by atoms with Crippen LogP contribution in [0.2, 0.25) is 5.02 Å². The van der Waals surface area contributed by atoms with Gasteiger partial charge >= 0.3 is 23.7 Å². The summed E-state index contributed by atoms with van der Waals surface area (Å²) in [6.45, 7) is 1.91. The summed E-state index contributed by atoms with van der Waals surface area (Å²) in [6.07, 6.45) is 3.29. The standard InChI is InChI=1S/C31H24ClFN4O9/c1-2-3-5-13-24(38)35-30(43)36-17-22(33)27(40)37(31(36)44)26(39)19-11-8-12-20(14-19)29(42)46-25-15-23(21(32)16-34-25)45-28(41)18-9-6-4-7-10-18/h4,6-12,14-17H,2-3,5,13H2,1H3,(H,35,38,43). The van der Waals surface area contributed by atoms with E-state index in [1.807, 2.05) is 12.2 Å². The zero-order chi connectivity index (χ0) is 33.4. The molecule has 0 spiro atoms. The number of hydrogen-bond donors (Lipinski definition) is 1. The van der Waals surface area contributed by atoms with Crippen molar-refractivity contribution in [1.82, 2.24) is 19.4 Å². The van der Waals surface area contributed by atoms with Crippen molar-refractivity contribution in [1.29, 1.82) is 0 Å². The van der Waals surface area contributed by atoms with Crippen LogP contribution in [0.1, 0.15) is 63.7 Å². The molecule has 2 aromatic heterocycles. The normalized spacial score (nSPS) is 10.6. The van der Waals surface area contributed by atoms with E-state index in [1.54, 1.807) is 18.2 Å². The van der Waals surface area contributed by atoms with Gasteiger partial charge in [0.2, 0.25) is 17.6 Å². The Bertz CT molecular complexity index is 1960. The molecular weight excluding hydrogens is 627 g/mol. The van der Waals surface area contributed by atoms with Crippen LogP contribution in [-0.4, -0.2) is 43.9 Å². The lowest BCUT2D eigenvalue weighted by molar-refractivity contribution is -0.120. The summed E-state index contributed by atoms with van der Waals surface area (Å²) in [7, 11) is 0. The van der Waals surface area contributed by atoms with Crippen LogP contribution in [-0.2, 0) is 4.79 Å². The number of hydrogen-bond acceptors (Lipinski definition) is 10. The molecule has 15 heteroatoms. The van der Waals surface area contributed by atoms with Gasteiger partial charge in [-0.05, 0) is 36.8 Å². The minimum atomic E-state index is -1.66. The first-order valence-electron chi connectivity index (χ1n) is 13.7. The van der Waals surface area contributed by atoms with Crippen LogP contribution in [0.4, 0.5) is 9.18 Å². The maximum Gasteiger partial charge on any atom is 0.346 e. The molecule has 0 aliphatic heterocycles. The largest absolute Gasteiger partial charge is 0.421 e. The molecule has 236 valence electrons. The number of carbonyl (C=O) groups excluding carboxylic acids is 5. The number of nitrogens with one attached hydrogen (secondary N) is 1. The van der Waals surface area contributed by atoms with Crippen molar-refractivity contribution in [3.05, 3.63) is 121 Å². The molecule has 2 aromatic carbocycles. The number of benzene rings is 2. The highest BCUT2D eigenvalue weighted by Gasteiger charge is 2.24. The third kappa shape index (κ3) is 7.84. The quantitative estimate of drug-likeness (QED) is 0.206. The second kappa shape index (κ2) is 14.8. The Kier molecular flexibility index (Phi) is 10.7. The molecule has 46 heavy (non-hydrogen) atoms. The van der Waals surface area contributed by atoms with Crippen molar-refractivity contribution in [2.75, 3.05) is 0 Å². The van der Waals surface area contributed by atoms with Crippen LogP contribution in [0.15, 0.2) is 82.6 Å². The number of nitrogens with zero attached hydrogens (tertiary/aromatic N) is 3. The molecule has 2 heterocycles. The van der Waals surface area contributed by atoms with Crippen molar-refractivity contribution in [3.63, 3.8) is 0 Å². The summed E-state index contributed by atoms with van der Waals surface area (Å²) in [5.74, 6) is -6.03. The molecule has 0 fully saturated rings. The highest BCUT2D eigenvalue weighted by Crippen LogP contribution is 2.28. The fourth-order valence-electron chi connectivity index (χ4n) is 3.96. The minimum Gasteiger partial charge on any atom is -0.421 e. The van der Waals surface area contributed by atoms with Crippen molar-refractivity contribution in [2.45, 2.75) is 32.6 Å². The van der Waals surface area contributed by atoms with Gasteiger partial charge in [-0.2, -0.15) is 8.96 Å². The molecular formula is C31H24ClFN4O9. The average Bonchev–Trinajstić information content (AvgIpc) is 3.04.